The van der Waals surface area contributed by atoms with Gasteiger partial charge in [0.1, 0.15) is 0 Å². The van der Waals surface area contributed by atoms with E-state index in [1.54, 1.807) is 0 Å². The number of hydrogen-bond donors (Lipinski definition) is 1. The quantitative estimate of drug-likeness (QED) is 0.365. The van der Waals surface area contributed by atoms with Crippen molar-refractivity contribution in [1.82, 2.24) is 0 Å². The minimum Gasteiger partial charge on any atom is -0.549 e. The first-order valence-corrected chi connectivity index (χ1v) is 12.3. The van der Waals surface area contributed by atoms with Gasteiger partial charge in [-0.15, -0.1) is 0 Å². The summed E-state index contributed by atoms with van der Waals surface area (Å²) < 4.78 is 6.28. The van der Waals surface area contributed by atoms with Crippen LogP contribution in [0, 0.1) is 5.92 Å². The second-order valence-corrected chi connectivity index (χ2v) is 11.5. The fourth-order valence-corrected chi connectivity index (χ4v) is 5.61. The Morgan fingerprint density at radius 2 is 1.68 bits per heavy atom. The average Bonchev–Trinajstić information content (AvgIpc) is 2.64. The van der Waals surface area contributed by atoms with Crippen molar-refractivity contribution in [3.63, 3.8) is 0 Å². The summed E-state index contributed by atoms with van der Waals surface area (Å²) in [7, 11) is -1.61. The molecule has 0 heterocycles. The summed E-state index contributed by atoms with van der Waals surface area (Å²) in [4.78, 5) is 0. The standard InChI is InChI=1S/C22H36O2Si/c1-6-13-21(16-17-24-25(7-2,8-3)9-4)22(19(5)23)18-20-14-11-10-12-15-20/h10-12,14-19,21,23H,6-9,13H2,1-5H3/b17-16-,22-18+. The molecule has 1 N–H and O–H groups in total. The molecule has 0 spiro atoms. The Balaban J connectivity index is 3.02. The van der Waals surface area contributed by atoms with Gasteiger partial charge >= 0.3 is 0 Å². The van der Waals surface area contributed by atoms with Gasteiger partial charge < -0.3 is 9.53 Å². The zero-order valence-corrected chi connectivity index (χ0v) is 17.7. The summed E-state index contributed by atoms with van der Waals surface area (Å²) in [6.07, 6.45) is 7.85. The van der Waals surface area contributed by atoms with Crippen molar-refractivity contribution in [2.45, 2.75) is 71.7 Å². The highest BCUT2D eigenvalue weighted by atomic mass is 28.4. The molecule has 140 valence electrons. The predicted molar refractivity (Wildman–Crippen MR) is 112 cm³/mol. The topological polar surface area (TPSA) is 29.5 Å². The minimum absolute atomic E-state index is 0.211. The van der Waals surface area contributed by atoms with Crippen molar-refractivity contribution in [2.24, 2.45) is 5.92 Å². The predicted octanol–water partition coefficient (Wildman–Crippen LogP) is 6.40. The maximum atomic E-state index is 10.3. The highest BCUT2D eigenvalue weighted by Gasteiger charge is 2.29. The van der Waals surface area contributed by atoms with Crippen molar-refractivity contribution >= 4 is 14.4 Å². The molecule has 0 saturated heterocycles. The first-order chi connectivity index (χ1) is 12.0. The van der Waals surface area contributed by atoms with Crippen LogP contribution < -0.4 is 0 Å². The van der Waals surface area contributed by atoms with Crippen LogP contribution in [0.1, 0.15) is 53.0 Å². The summed E-state index contributed by atoms with van der Waals surface area (Å²) in [6, 6.07) is 13.7. The average molecular weight is 361 g/mol. The monoisotopic (exact) mass is 360 g/mol. The van der Waals surface area contributed by atoms with E-state index in [9.17, 15) is 5.11 Å². The second kappa shape index (κ2) is 11.3. The summed E-state index contributed by atoms with van der Waals surface area (Å²) >= 11 is 0. The molecule has 1 aromatic rings. The van der Waals surface area contributed by atoms with Crippen LogP contribution in [0.25, 0.3) is 6.08 Å². The molecule has 0 bridgehead atoms. The molecule has 2 unspecified atom stereocenters. The lowest BCUT2D eigenvalue weighted by Gasteiger charge is -2.27. The Kier molecular flexibility index (Phi) is 9.84. The van der Waals surface area contributed by atoms with Crippen molar-refractivity contribution in [3.05, 3.63) is 53.8 Å². The fourth-order valence-electron chi connectivity index (χ4n) is 3.24. The molecule has 2 nitrogen and oxygen atoms in total. The number of rotatable bonds is 11. The third-order valence-electron chi connectivity index (χ3n) is 5.21. The van der Waals surface area contributed by atoms with Crippen molar-refractivity contribution in [3.8, 4) is 0 Å². The lowest BCUT2D eigenvalue weighted by molar-refractivity contribution is 0.220. The van der Waals surface area contributed by atoms with Crippen LogP contribution in [0.15, 0.2) is 48.2 Å². The molecule has 0 saturated carbocycles. The van der Waals surface area contributed by atoms with Gasteiger partial charge in [0.2, 0.25) is 8.32 Å². The Hall–Kier alpha value is -1.32. The van der Waals surface area contributed by atoms with E-state index in [1.807, 2.05) is 31.4 Å². The van der Waals surface area contributed by atoms with Crippen LogP contribution in [-0.2, 0) is 4.43 Å². The number of aliphatic hydroxyl groups is 1. The van der Waals surface area contributed by atoms with Gasteiger partial charge in [-0.1, -0.05) is 70.5 Å². The number of allylic oxidation sites excluding steroid dienone is 1. The summed E-state index contributed by atoms with van der Waals surface area (Å²) in [5.74, 6) is 0.211. The first-order valence-electron chi connectivity index (χ1n) is 9.80. The maximum absolute atomic E-state index is 10.3. The molecule has 0 fully saturated rings. The highest BCUT2D eigenvalue weighted by Crippen LogP contribution is 2.27. The molecular weight excluding hydrogens is 324 g/mol. The van der Waals surface area contributed by atoms with Crippen LogP contribution in [0.3, 0.4) is 0 Å². The van der Waals surface area contributed by atoms with Gasteiger partial charge in [-0.05, 0) is 48.7 Å². The minimum atomic E-state index is -1.61. The molecule has 1 aromatic carbocycles. The van der Waals surface area contributed by atoms with Gasteiger partial charge in [-0.25, -0.2) is 0 Å². The van der Waals surface area contributed by atoms with Gasteiger partial charge in [0.05, 0.1) is 12.4 Å². The van der Waals surface area contributed by atoms with Gasteiger partial charge in [0.25, 0.3) is 0 Å². The molecule has 2 atom stereocenters. The third-order valence-corrected chi connectivity index (χ3v) is 9.71. The third kappa shape index (κ3) is 6.83. The Morgan fingerprint density at radius 3 is 2.16 bits per heavy atom. The summed E-state index contributed by atoms with van der Waals surface area (Å²) in [5.41, 5.74) is 2.19. The van der Waals surface area contributed by atoms with Gasteiger partial charge in [-0.2, -0.15) is 0 Å². The van der Waals surface area contributed by atoms with E-state index in [0.717, 1.165) is 42.1 Å². The summed E-state index contributed by atoms with van der Waals surface area (Å²) in [5, 5.41) is 10.3. The molecule has 0 radical (unpaired) electrons. The SMILES string of the molecule is CCCC(/C=C\O[Si](CC)(CC)CC)/C(=C/c1ccccc1)C(C)O. The van der Waals surface area contributed by atoms with Crippen LogP contribution in [-0.4, -0.2) is 19.5 Å². The molecular formula is C22H36O2Si. The van der Waals surface area contributed by atoms with E-state index in [0.29, 0.717) is 0 Å². The van der Waals surface area contributed by atoms with E-state index in [1.165, 1.54) is 0 Å². The van der Waals surface area contributed by atoms with E-state index in [2.05, 4.69) is 52.0 Å². The fraction of sp³-hybridized carbons (Fsp3) is 0.545. The maximum Gasteiger partial charge on any atom is 0.249 e. The Bertz CT molecular complexity index is 522. The molecule has 3 heteroatoms. The Labute approximate surface area is 155 Å². The van der Waals surface area contributed by atoms with Crippen LogP contribution >= 0.6 is 0 Å². The van der Waals surface area contributed by atoms with Crippen molar-refractivity contribution < 1.29 is 9.53 Å². The van der Waals surface area contributed by atoms with E-state index in [-0.39, 0.29) is 5.92 Å². The van der Waals surface area contributed by atoms with Crippen LogP contribution in [0.2, 0.25) is 18.1 Å². The largest absolute Gasteiger partial charge is 0.549 e. The van der Waals surface area contributed by atoms with E-state index < -0.39 is 14.4 Å². The zero-order chi connectivity index (χ0) is 18.7. The van der Waals surface area contributed by atoms with Crippen molar-refractivity contribution in [2.75, 3.05) is 0 Å². The molecule has 0 aromatic heterocycles. The van der Waals surface area contributed by atoms with E-state index in [4.69, 9.17) is 4.43 Å². The molecule has 0 amide bonds. The summed E-state index contributed by atoms with van der Waals surface area (Å²) in [6.45, 7) is 10.8. The number of hydrogen-bond acceptors (Lipinski definition) is 2. The smallest absolute Gasteiger partial charge is 0.249 e. The lowest BCUT2D eigenvalue weighted by atomic mass is 9.89. The van der Waals surface area contributed by atoms with Gasteiger partial charge in [0.15, 0.2) is 0 Å². The van der Waals surface area contributed by atoms with Crippen molar-refractivity contribution in [1.29, 1.82) is 0 Å². The van der Waals surface area contributed by atoms with Crippen LogP contribution in [0.5, 0.6) is 0 Å². The normalized spacial score (nSPS) is 15.4. The molecule has 0 aliphatic heterocycles. The lowest BCUT2D eigenvalue weighted by Crippen LogP contribution is -2.33. The first kappa shape index (κ1) is 21.7. The van der Waals surface area contributed by atoms with Gasteiger partial charge in [0, 0.05) is 5.92 Å². The van der Waals surface area contributed by atoms with Crippen LogP contribution in [0.4, 0.5) is 0 Å². The number of benzene rings is 1. The Morgan fingerprint density at radius 1 is 1.08 bits per heavy atom. The second-order valence-electron chi connectivity index (χ2n) is 6.82. The molecule has 25 heavy (non-hydrogen) atoms. The van der Waals surface area contributed by atoms with Gasteiger partial charge in [-0.3, -0.25) is 0 Å². The molecule has 0 aliphatic carbocycles. The number of aliphatic hydroxyl groups excluding tert-OH is 1. The molecule has 0 aliphatic rings. The molecule has 1 rings (SSSR count). The highest BCUT2D eigenvalue weighted by molar-refractivity contribution is 6.73. The van der Waals surface area contributed by atoms with E-state index >= 15 is 0 Å². The zero-order valence-electron chi connectivity index (χ0n) is 16.7.